The number of carbonyl (C=O) groups excluding carboxylic acids is 1. The first-order valence-corrected chi connectivity index (χ1v) is 8.59. The Bertz CT molecular complexity index is 892. The molecule has 0 unspecified atom stereocenters. The number of hydrazone groups is 1. The summed E-state index contributed by atoms with van der Waals surface area (Å²) >= 11 is 0. The number of nitrogens with zero attached hydrogens (tertiary/aromatic N) is 1. The number of hydrogen-bond donors (Lipinski definition) is 3. The number of sulfonamides is 1. The lowest BCUT2D eigenvalue weighted by molar-refractivity contribution is -0.114. The largest absolute Gasteiger partial charge is 0.504 e. The van der Waals surface area contributed by atoms with Gasteiger partial charge >= 0.3 is 0 Å². The van der Waals surface area contributed by atoms with Crippen LogP contribution in [0.4, 0.5) is 5.69 Å². The molecule has 0 bridgehead atoms. The minimum atomic E-state index is -3.84. The van der Waals surface area contributed by atoms with E-state index >= 15 is 0 Å². The van der Waals surface area contributed by atoms with Gasteiger partial charge in [-0.1, -0.05) is 0 Å². The van der Waals surface area contributed by atoms with Gasteiger partial charge in [-0.25, -0.2) is 4.83 Å². The van der Waals surface area contributed by atoms with Crippen LogP contribution in [0.15, 0.2) is 52.5 Å². The topological polar surface area (TPSA) is 117 Å². The number of amides is 1. The SMILES string of the molecule is COc1cc(/C=N\NS(=O)(=O)c2ccc(NC(C)=O)cc2)ccc1O. The molecule has 132 valence electrons. The summed E-state index contributed by atoms with van der Waals surface area (Å²) in [5, 5.41) is 15.8. The molecule has 0 saturated heterocycles. The highest BCUT2D eigenvalue weighted by molar-refractivity contribution is 7.89. The summed E-state index contributed by atoms with van der Waals surface area (Å²) < 4.78 is 29.3. The molecule has 0 aliphatic carbocycles. The number of phenols is 1. The standard InChI is InChI=1S/C16H17N3O5S/c1-11(20)18-13-4-6-14(7-5-13)25(22,23)19-17-10-12-3-8-15(21)16(9-12)24-2/h3-10,19,21H,1-2H3,(H,18,20)/b17-10-. The first-order valence-electron chi connectivity index (χ1n) is 7.11. The van der Waals surface area contributed by atoms with Crippen LogP contribution in [0, 0.1) is 0 Å². The molecule has 0 spiro atoms. The van der Waals surface area contributed by atoms with E-state index in [1.165, 1.54) is 56.6 Å². The number of aromatic hydroxyl groups is 1. The molecule has 0 saturated carbocycles. The van der Waals surface area contributed by atoms with E-state index in [0.717, 1.165) is 0 Å². The maximum atomic E-state index is 12.2. The highest BCUT2D eigenvalue weighted by Gasteiger charge is 2.12. The summed E-state index contributed by atoms with van der Waals surface area (Å²) in [5.41, 5.74) is 1.03. The number of anilines is 1. The van der Waals surface area contributed by atoms with E-state index in [9.17, 15) is 18.3 Å². The fourth-order valence-corrected chi connectivity index (χ4v) is 2.71. The smallest absolute Gasteiger partial charge is 0.276 e. The van der Waals surface area contributed by atoms with Crippen LogP contribution in [0.3, 0.4) is 0 Å². The second-order valence-corrected chi connectivity index (χ2v) is 6.65. The van der Waals surface area contributed by atoms with Gasteiger partial charge in [-0.05, 0) is 48.0 Å². The number of ether oxygens (including phenoxy) is 1. The van der Waals surface area contributed by atoms with Crippen molar-refractivity contribution in [2.24, 2.45) is 5.10 Å². The van der Waals surface area contributed by atoms with E-state index in [1.54, 1.807) is 6.07 Å². The van der Waals surface area contributed by atoms with Crippen molar-refractivity contribution in [3.63, 3.8) is 0 Å². The Balaban J connectivity index is 2.09. The van der Waals surface area contributed by atoms with Crippen molar-refractivity contribution in [2.45, 2.75) is 11.8 Å². The van der Waals surface area contributed by atoms with Gasteiger partial charge in [-0.3, -0.25) is 4.79 Å². The normalized spacial score (nSPS) is 11.3. The van der Waals surface area contributed by atoms with Gasteiger partial charge < -0.3 is 15.2 Å². The molecule has 3 N–H and O–H groups in total. The molecular weight excluding hydrogens is 346 g/mol. The van der Waals surface area contributed by atoms with Crippen molar-refractivity contribution in [2.75, 3.05) is 12.4 Å². The minimum absolute atomic E-state index is 0.00189. The van der Waals surface area contributed by atoms with Gasteiger partial charge in [-0.15, -0.1) is 0 Å². The van der Waals surface area contributed by atoms with Gasteiger partial charge in [0, 0.05) is 12.6 Å². The average Bonchev–Trinajstić information content (AvgIpc) is 2.56. The van der Waals surface area contributed by atoms with Crippen LogP contribution in [0.1, 0.15) is 12.5 Å². The van der Waals surface area contributed by atoms with Gasteiger partial charge in [-0.2, -0.15) is 13.5 Å². The molecule has 8 nitrogen and oxygen atoms in total. The van der Waals surface area contributed by atoms with Crippen molar-refractivity contribution in [3.05, 3.63) is 48.0 Å². The zero-order chi connectivity index (χ0) is 18.4. The number of benzene rings is 2. The number of phenolic OH excluding ortho intramolecular Hbond substituents is 1. The predicted molar refractivity (Wildman–Crippen MR) is 93.3 cm³/mol. The average molecular weight is 363 g/mol. The Labute approximate surface area is 145 Å². The number of hydrogen-bond acceptors (Lipinski definition) is 6. The molecule has 9 heteroatoms. The van der Waals surface area contributed by atoms with Crippen LogP contribution < -0.4 is 14.9 Å². The zero-order valence-electron chi connectivity index (χ0n) is 13.6. The fourth-order valence-electron chi connectivity index (χ4n) is 1.92. The fraction of sp³-hybridized carbons (Fsp3) is 0.125. The molecule has 0 aliphatic rings. The minimum Gasteiger partial charge on any atom is -0.504 e. The number of methoxy groups -OCH3 is 1. The lowest BCUT2D eigenvalue weighted by Gasteiger charge is -2.06. The van der Waals surface area contributed by atoms with E-state index in [2.05, 4.69) is 15.2 Å². The second-order valence-electron chi connectivity index (χ2n) is 4.99. The summed E-state index contributed by atoms with van der Waals surface area (Å²) in [5.74, 6) is -0.0254. The summed E-state index contributed by atoms with van der Waals surface area (Å²) in [4.78, 5) is 13.0. The van der Waals surface area contributed by atoms with Crippen LogP contribution in [-0.4, -0.2) is 32.8 Å². The number of nitrogens with one attached hydrogen (secondary N) is 2. The highest BCUT2D eigenvalue weighted by Crippen LogP contribution is 2.25. The summed E-state index contributed by atoms with van der Waals surface area (Å²) in [6.07, 6.45) is 1.28. The quantitative estimate of drug-likeness (QED) is 0.533. The van der Waals surface area contributed by atoms with Gasteiger partial charge in [0.25, 0.3) is 10.0 Å². The van der Waals surface area contributed by atoms with Crippen LogP contribution in [-0.2, 0) is 14.8 Å². The summed E-state index contributed by atoms with van der Waals surface area (Å²) in [6, 6.07) is 10.1. The van der Waals surface area contributed by atoms with Crippen molar-refractivity contribution >= 4 is 27.8 Å². The first-order chi connectivity index (χ1) is 11.8. The van der Waals surface area contributed by atoms with Crippen molar-refractivity contribution in [3.8, 4) is 11.5 Å². The van der Waals surface area contributed by atoms with Crippen LogP contribution in [0.25, 0.3) is 0 Å². The molecule has 0 atom stereocenters. The molecule has 0 heterocycles. The third kappa shape index (κ3) is 4.95. The molecule has 0 radical (unpaired) electrons. The molecule has 2 aromatic rings. The number of carbonyl (C=O) groups is 1. The van der Waals surface area contributed by atoms with E-state index in [4.69, 9.17) is 4.74 Å². The third-order valence-electron chi connectivity index (χ3n) is 3.08. The summed E-state index contributed by atoms with van der Waals surface area (Å²) in [7, 11) is -2.43. The maximum Gasteiger partial charge on any atom is 0.276 e. The van der Waals surface area contributed by atoms with E-state index < -0.39 is 10.0 Å². The lowest BCUT2D eigenvalue weighted by Crippen LogP contribution is -2.18. The molecule has 0 aromatic heterocycles. The Morgan fingerprint density at radius 2 is 1.88 bits per heavy atom. The van der Waals surface area contributed by atoms with Gasteiger partial charge in [0.15, 0.2) is 11.5 Å². The monoisotopic (exact) mass is 363 g/mol. The van der Waals surface area contributed by atoms with Gasteiger partial charge in [0.1, 0.15) is 0 Å². The van der Waals surface area contributed by atoms with Crippen molar-refractivity contribution < 1.29 is 23.1 Å². The van der Waals surface area contributed by atoms with Crippen LogP contribution in [0.2, 0.25) is 0 Å². The Hall–Kier alpha value is -3.07. The maximum absolute atomic E-state index is 12.2. The number of rotatable bonds is 6. The Kier molecular flexibility index (Phi) is 5.60. The lowest BCUT2D eigenvalue weighted by atomic mass is 10.2. The molecule has 25 heavy (non-hydrogen) atoms. The molecule has 2 rings (SSSR count). The van der Waals surface area contributed by atoms with Crippen molar-refractivity contribution in [1.82, 2.24) is 4.83 Å². The van der Waals surface area contributed by atoms with Crippen LogP contribution in [0.5, 0.6) is 11.5 Å². The predicted octanol–water partition coefficient (Wildman–Crippen LogP) is 1.67. The second kappa shape index (κ2) is 7.67. The Morgan fingerprint density at radius 1 is 1.20 bits per heavy atom. The third-order valence-corrected chi connectivity index (χ3v) is 4.31. The van der Waals surface area contributed by atoms with E-state index in [1.807, 2.05) is 0 Å². The zero-order valence-corrected chi connectivity index (χ0v) is 14.4. The molecule has 0 aliphatic heterocycles. The molecular formula is C16H17N3O5S. The highest BCUT2D eigenvalue weighted by atomic mass is 32.2. The molecule has 2 aromatic carbocycles. The van der Waals surface area contributed by atoms with E-state index in [0.29, 0.717) is 11.3 Å². The first kappa shape index (κ1) is 18.3. The molecule has 0 fully saturated rings. The van der Waals surface area contributed by atoms with Crippen molar-refractivity contribution in [1.29, 1.82) is 0 Å². The summed E-state index contributed by atoms with van der Waals surface area (Å²) in [6.45, 7) is 1.36. The molecule has 1 amide bonds. The Morgan fingerprint density at radius 3 is 2.48 bits per heavy atom. The van der Waals surface area contributed by atoms with Crippen LogP contribution >= 0.6 is 0 Å². The van der Waals surface area contributed by atoms with Gasteiger partial charge in [0.2, 0.25) is 5.91 Å². The van der Waals surface area contributed by atoms with E-state index in [-0.39, 0.29) is 22.3 Å². The van der Waals surface area contributed by atoms with Gasteiger partial charge in [0.05, 0.1) is 18.2 Å².